The first-order chi connectivity index (χ1) is 14.3. The molecule has 1 aromatic heterocycles. The summed E-state index contributed by atoms with van der Waals surface area (Å²) in [5.74, 6) is 1.42. The first-order valence-corrected chi connectivity index (χ1v) is 10.5. The van der Waals surface area contributed by atoms with Gasteiger partial charge in [0.2, 0.25) is 0 Å². The maximum atomic E-state index is 12.4. The van der Waals surface area contributed by atoms with Gasteiger partial charge in [0, 0.05) is 11.8 Å². The van der Waals surface area contributed by atoms with Gasteiger partial charge in [0.05, 0.1) is 11.2 Å². The van der Waals surface area contributed by atoms with Gasteiger partial charge in [0.25, 0.3) is 0 Å². The van der Waals surface area contributed by atoms with Crippen LogP contribution in [0.25, 0.3) is 11.1 Å². The van der Waals surface area contributed by atoms with E-state index in [4.69, 9.17) is 20.9 Å². The van der Waals surface area contributed by atoms with Crippen molar-refractivity contribution in [1.82, 2.24) is 10.3 Å². The van der Waals surface area contributed by atoms with Crippen LogP contribution >= 0.6 is 0 Å². The molecule has 2 rings (SSSR count). The smallest absolute Gasteiger partial charge is 0.408 e. The number of alkyl carbamates (subject to hydrolysis) is 1. The number of benzene rings is 1. The molecule has 0 aliphatic heterocycles. The summed E-state index contributed by atoms with van der Waals surface area (Å²) in [4.78, 5) is 16.4. The van der Waals surface area contributed by atoms with Gasteiger partial charge in [-0.1, -0.05) is 19.9 Å². The van der Waals surface area contributed by atoms with Crippen LogP contribution in [0.2, 0.25) is 0 Å². The van der Waals surface area contributed by atoms with Crippen LogP contribution in [0.5, 0.6) is 5.75 Å². The van der Waals surface area contributed by atoms with Gasteiger partial charge in [-0.2, -0.15) is 0 Å². The molecule has 0 spiro atoms. The van der Waals surface area contributed by atoms with E-state index in [2.05, 4.69) is 24.1 Å². The number of nitrogens with two attached hydrogens (primary N) is 2. The monoisotopic (exact) mass is 428 g/mol. The summed E-state index contributed by atoms with van der Waals surface area (Å²) < 4.78 is 11.6. The second-order valence-corrected chi connectivity index (χ2v) is 9.71. The molecule has 2 aromatic rings. The number of aryl methyl sites for hydroxylation is 1. The lowest BCUT2D eigenvalue weighted by Crippen LogP contribution is -2.52. The number of nitrogen functional groups attached to an aromatic ring is 2. The Morgan fingerprint density at radius 1 is 1.16 bits per heavy atom. The number of nitrogens with zero attached hydrogens (tertiary/aromatic N) is 1. The van der Waals surface area contributed by atoms with Crippen molar-refractivity contribution in [1.29, 1.82) is 0 Å². The Labute approximate surface area is 185 Å². The van der Waals surface area contributed by atoms with Crippen LogP contribution < -0.4 is 21.5 Å². The molecule has 1 amide bonds. The number of carbonyl (C=O) groups is 1. The van der Waals surface area contributed by atoms with E-state index in [1.165, 1.54) is 0 Å². The van der Waals surface area contributed by atoms with Crippen LogP contribution in [0.3, 0.4) is 0 Å². The van der Waals surface area contributed by atoms with E-state index in [0.717, 1.165) is 28.9 Å². The lowest BCUT2D eigenvalue weighted by atomic mass is 9.91. The fraction of sp³-hybridized carbons (Fsp3) is 0.500. The minimum Gasteiger partial charge on any atom is -0.491 e. The molecule has 0 fully saturated rings. The van der Waals surface area contributed by atoms with Crippen LogP contribution in [0.1, 0.15) is 53.5 Å². The van der Waals surface area contributed by atoms with Gasteiger partial charge >= 0.3 is 6.09 Å². The molecule has 1 heterocycles. The third-order valence-electron chi connectivity index (χ3n) is 4.71. The number of amides is 1. The number of pyridine rings is 1. The van der Waals surface area contributed by atoms with E-state index in [1.54, 1.807) is 6.20 Å². The fourth-order valence-corrected chi connectivity index (χ4v) is 3.55. The molecule has 0 aliphatic rings. The number of anilines is 2. The van der Waals surface area contributed by atoms with Crippen molar-refractivity contribution in [2.24, 2.45) is 5.92 Å². The van der Waals surface area contributed by atoms with Crippen molar-refractivity contribution < 1.29 is 14.3 Å². The zero-order valence-electron chi connectivity index (χ0n) is 19.7. The third-order valence-corrected chi connectivity index (χ3v) is 4.71. The number of aromatic nitrogens is 1. The number of hydrogen-bond acceptors (Lipinski definition) is 6. The highest BCUT2D eigenvalue weighted by molar-refractivity contribution is 5.82. The van der Waals surface area contributed by atoms with Gasteiger partial charge in [-0.25, -0.2) is 9.78 Å². The van der Waals surface area contributed by atoms with Crippen LogP contribution in [0, 0.1) is 12.8 Å². The highest BCUT2D eigenvalue weighted by atomic mass is 16.6. The summed E-state index contributed by atoms with van der Waals surface area (Å²) >= 11 is 0. The minimum atomic E-state index is -0.578. The Bertz CT molecular complexity index is 922. The second kappa shape index (κ2) is 9.45. The Balaban J connectivity index is 2.17. The van der Waals surface area contributed by atoms with Crippen LogP contribution in [-0.2, 0) is 4.74 Å². The molecular formula is C24H36N4O3. The Kier molecular flexibility index (Phi) is 7.41. The predicted octanol–water partition coefficient (Wildman–Crippen LogP) is 4.93. The van der Waals surface area contributed by atoms with E-state index >= 15 is 0 Å². The molecule has 0 saturated carbocycles. The summed E-state index contributed by atoms with van der Waals surface area (Å²) in [6.45, 7) is 14.0. The average Bonchev–Trinajstić information content (AvgIpc) is 2.60. The molecular weight excluding hydrogens is 392 g/mol. The van der Waals surface area contributed by atoms with Crippen molar-refractivity contribution in [2.45, 2.75) is 66.0 Å². The van der Waals surface area contributed by atoms with Crippen LogP contribution in [-0.4, -0.2) is 28.8 Å². The van der Waals surface area contributed by atoms with Crippen molar-refractivity contribution in [3.05, 3.63) is 36.0 Å². The number of rotatable bonds is 7. The molecule has 7 nitrogen and oxygen atoms in total. The maximum absolute atomic E-state index is 12.4. The summed E-state index contributed by atoms with van der Waals surface area (Å²) in [6, 6.07) is 7.69. The summed E-state index contributed by atoms with van der Waals surface area (Å²) in [5.41, 5.74) is 14.0. The van der Waals surface area contributed by atoms with Crippen molar-refractivity contribution >= 4 is 17.6 Å². The van der Waals surface area contributed by atoms with E-state index in [-0.39, 0.29) is 0 Å². The highest BCUT2D eigenvalue weighted by Gasteiger charge is 2.31. The van der Waals surface area contributed by atoms with E-state index in [1.807, 2.05) is 58.9 Å². The molecule has 170 valence electrons. The Hall–Kier alpha value is -2.96. The fourth-order valence-electron chi connectivity index (χ4n) is 3.55. The van der Waals surface area contributed by atoms with E-state index < -0.39 is 17.2 Å². The molecule has 0 aliphatic carbocycles. The molecule has 5 N–H and O–H groups in total. The molecule has 1 unspecified atom stereocenters. The van der Waals surface area contributed by atoms with Gasteiger partial charge < -0.3 is 26.3 Å². The molecule has 0 saturated heterocycles. The first kappa shape index (κ1) is 24.3. The molecule has 0 radical (unpaired) electrons. The maximum Gasteiger partial charge on any atom is 0.408 e. The van der Waals surface area contributed by atoms with E-state index in [9.17, 15) is 4.79 Å². The number of hydrogen-bond donors (Lipinski definition) is 3. The number of nitrogens with one attached hydrogen (secondary N) is 1. The Morgan fingerprint density at radius 2 is 1.84 bits per heavy atom. The third kappa shape index (κ3) is 7.05. The highest BCUT2D eigenvalue weighted by Crippen LogP contribution is 2.32. The standard InChI is InChI=1S/C24H36N4O3/c1-15(2)13-24(7,28-22(29)31-23(4,5)6)14-30-19-9-8-17(12-16(19)3)18-10-11-27-21(26)20(18)25/h8-12,15H,13-14,25H2,1-7H3,(H2,26,27)(H,28,29). The second-order valence-electron chi connectivity index (χ2n) is 9.71. The number of ether oxygens (including phenoxy) is 2. The van der Waals surface area contributed by atoms with Gasteiger partial charge in [-0.3, -0.25) is 0 Å². The van der Waals surface area contributed by atoms with Gasteiger partial charge in [-0.15, -0.1) is 0 Å². The molecule has 1 aromatic carbocycles. The van der Waals surface area contributed by atoms with E-state index in [0.29, 0.717) is 24.0 Å². The summed E-state index contributed by atoms with van der Waals surface area (Å²) in [5, 5.41) is 3.00. The summed E-state index contributed by atoms with van der Waals surface area (Å²) in [7, 11) is 0. The minimum absolute atomic E-state index is 0.313. The first-order valence-electron chi connectivity index (χ1n) is 10.5. The Morgan fingerprint density at radius 3 is 2.42 bits per heavy atom. The lowest BCUT2D eigenvalue weighted by molar-refractivity contribution is 0.0408. The molecule has 31 heavy (non-hydrogen) atoms. The lowest BCUT2D eigenvalue weighted by Gasteiger charge is -2.33. The van der Waals surface area contributed by atoms with Gasteiger partial charge in [-0.05, 0) is 76.3 Å². The van der Waals surface area contributed by atoms with Crippen molar-refractivity contribution in [3.8, 4) is 16.9 Å². The van der Waals surface area contributed by atoms with Crippen LogP contribution in [0.4, 0.5) is 16.3 Å². The van der Waals surface area contributed by atoms with Crippen molar-refractivity contribution in [2.75, 3.05) is 18.1 Å². The quantitative estimate of drug-likeness (QED) is 0.576. The molecule has 7 heteroatoms. The van der Waals surface area contributed by atoms with Gasteiger partial charge in [0.15, 0.2) is 0 Å². The zero-order valence-corrected chi connectivity index (χ0v) is 19.7. The normalized spacial score (nSPS) is 13.5. The SMILES string of the molecule is Cc1cc(-c2ccnc(N)c2N)ccc1OCC(C)(CC(C)C)NC(=O)OC(C)(C)C. The largest absolute Gasteiger partial charge is 0.491 e. The van der Waals surface area contributed by atoms with Crippen LogP contribution in [0.15, 0.2) is 30.5 Å². The number of carbonyl (C=O) groups excluding carboxylic acids is 1. The molecule has 0 bridgehead atoms. The topological polar surface area (TPSA) is 112 Å². The summed E-state index contributed by atoms with van der Waals surface area (Å²) in [6.07, 6.45) is 1.94. The van der Waals surface area contributed by atoms with Crippen molar-refractivity contribution in [3.63, 3.8) is 0 Å². The average molecular weight is 429 g/mol. The molecule has 1 atom stereocenters. The predicted molar refractivity (Wildman–Crippen MR) is 126 cm³/mol. The zero-order chi connectivity index (χ0) is 23.4. The van der Waals surface area contributed by atoms with Gasteiger partial charge in [0.1, 0.15) is 23.8 Å².